The Bertz CT molecular complexity index is 323. The van der Waals surface area contributed by atoms with Crippen LogP contribution >= 0.6 is 15.9 Å². The third-order valence-corrected chi connectivity index (χ3v) is 2.61. The summed E-state index contributed by atoms with van der Waals surface area (Å²) in [6.07, 6.45) is 0.921. The molecule has 0 heterocycles. The topological polar surface area (TPSA) is 26.3 Å². The minimum absolute atomic E-state index is 0.131. The smallest absolute Gasteiger partial charge is 0.137 e. The lowest BCUT2D eigenvalue weighted by Crippen LogP contribution is -2.01. The SMILES string of the molecule is CCOc1c(Br)cccc1C(C)C=O. The Morgan fingerprint density at radius 1 is 1.57 bits per heavy atom. The third kappa shape index (κ3) is 2.35. The van der Waals surface area contributed by atoms with Crippen molar-refractivity contribution in [1.82, 2.24) is 0 Å². The number of hydrogen-bond acceptors (Lipinski definition) is 2. The van der Waals surface area contributed by atoms with Gasteiger partial charge in [0.2, 0.25) is 0 Å². The van der Waals surface area contributed by atoms with Crippen molar-refractivity contribution in [3.05, 3.63) is 28.2 Å². The van der Waals surface area contributed by atoms with Gasteiger partial charge in [-0.15, -0.1) is 0 Å². The van der Waals surface area contributed by atoms with E-state index in [-0.39, 0.29) is 5.92 Å². The first-order valence-electron chi connectivity index (χ1n) is 4.57. The van der Waals surface area contributed by atoms with Gasteiger partial charge in [0.1, 0.15) is 12.0 Å². The van der Waals surface area contributed by atoms with Crippen molar-refractivity contribution >= 4 is 22.2 Å². The van der Waals surface area contributed by atoms with Gasteiger partial charge in [-0.05, 0) is 28.9 Å². The molecule has 1 atom stereocenters. The predicted octanol–water partition coefficient (Wildman–Crippen LogP) is 3.15. The molecule has 0 aromatic heterocycles. The first-order valence-corrected chi connectivity index (χ1v) is 5.36. The monoisotopic (exact) mass is 256 g/mol. The number of para-hydroxylation sites is 1. The van der Waals surface area contributed by atoms with Crippen LogP contribution in [-0.4, -0.2) is 12.9 Å². The number of rotatable bonds is 4. The standard InChI is InChI=1S/C11H13BrO2/c1-3-14-11-9(8(2)7-13)5-4-6-10(11)12/h4-8H,3H2,1-2H3. The lowest BCUT2D eigenvalue weighted by atomic mass is 10.0. The molecule has 0 saturated carbocycles. The molecular formula is C11H13BrO2. The summed E-state index contributed by atoms with van der Waals surface area (Å²) in [5.74, 6) is 0.642. The molecule has 0 bridgehead atoms. The molecule has 0 amide bonds. The second kappa shape index (κ2) is 5.15. The molecular weight excluding hydrogens is 244 g/mol. The van der Waals surface area contributed by atoms with E-state index < -0.39 is 0 Å². The summed E-state index contributed by atoms with van der Waals surface area (Å²) in [6.45, 7) is 4.38. The Morgan fingerprint density at radius 2 is 2.29 bits per heavy atom. The molecule has 2 nitrogen and oxygen atoms in total. The maximum atomic E-state index is 10.7. The zero-order chi connectivity index (χ0) is 10.6. The van der Waals surface area contributed by atoms with Crippen LogP contribution in [0.5, 0.6) is 5.75 Å². The van der Waals surface area contributed by atoms with Crippen molar-refractivity contribution in [3.63, 3.8) is 0 Å². The van der Waals surface area contributed by atoms with Crippen LogP contribution in [0.1, 0.15) is 25.3 Å². The van der Waals surface area contributed by atoms with E-state index in [1.165, 1.54) is 0 Å². The molecule has 0 aliphatic rings. The summed E-state index contributed by atoms with van der Waals surface area (Å²) in [5, 5.41) is 0. The minimum Gasteiger partial charge on any atom is -0.492 e. The fourth-order valence-electron chi connectivity index (χ4n) is 1.25. The van der Waals surface area contributed by atoms with E-state index in [0.29, 0.717) is 6.61 Å². The maximum absolute atomic E-state index is 10.7. The van der Waals surface area contributed by atoms with Crippen LogP contribution < -0.4 is 4.74 Å². The largest absolute Gasteiger partial charge is 0.492 e. The van der Waals surface area contributed by atoms with Crippen molar-refractivity contribution in [2.24, 2.45) is 0 Å². The van der Waals surface area contributed by atoms with Crippen molar-refractivity contribution in [2.75, 3.05) is 6.61 Å². The van der Waals surface area contributed by atoms with E-state index in [9.17, 15) is 4.79 Å². The highest BCUT2D eigenvalue weighted by Gasteiger charge is 2.12. The van der Waals surface area contributed by atoms with Crippen LogP contribution in [0.2, 0.25) is 0 Å². The Hall–Kier alpha value is -0.830. The maximum Gasteiger partial charge on any atom is 0.137 e. The van der Waals surface area contributed by atoms with Gasteiger partial charge in [-0.2, -0.15) is 0 Å². The molecule has 0 aliphatic heterocycles. The van der Waals surface area contributed by atoms with Gasteiger partial charge in [-0.1, -0.05) is 19.1 Å². The molecule has 1 unspecified atom stereocenters. The van der Waals surface area contributed by atoms with Gasteiger partial charge in [0.05, 0.1) is 11.1 Å². The molecule has 1 aromatic rings. The Kier molecular flexibility index (Phi) is 4.14. The van der Waals surface area contributed by atoms with Crippen molar-refractivity contribution < 1.29 is 9.53 Å². The average molecular weight is 257 g/mol. The van der Waals surface area contributed by atoms with Gasteiger partial charge in [-0.25, -0.2) is 0 Å². The van der Waals surface area contributed by atoms with Gasteiger partial charge < -0.3 is 9.53 Å². The number of carbonyl (C=O) groups excluding carboxylic acids is 1. The van der Waals surface area contributed by atoms with Crippen LogP contribution in [-0.2, 0) is 4.79 Å². The van der Waals surface area contributed by atoms with E-state index in [0.717, 1.165) is 22.1 Å². The number of benzene rings is 1. The van der Waals surface area contributed by atoms with E-state index in [2.05, 4.69) is 15.9 Å². The zero-order valence-electron chi connectivity index (χ0n) is 8.29. The number of halogens is 1. The molecule has 3 heteroatoms. The van der Waals surface area contributed by atoms with Crippen LogP contribution in [0.25, 0.3) is 0 Å². The first kappa shape index (κ1) is 11.2. The van der Waals surface area contributed by atoms with E-state index in [1.54, 1.807) is 0 Å². The molecule has 76 valence electrons. The van der Waals surface area contributed by atoms with Gasteiger partial charge in [0.15, 0.2) is 0 Å². The van der Waals surface area contributed by atoms with Gasteiger partial charge in [-0.3, -0.25) is 0 Å². The first-order chi connectivity index (χ1) is 6.70. The fraction of sp³-hybridized carbons (Fsp3) is 0.364. The Balaban J connectivity index is 3.13. The van der Waals surface area contributed by atoms with Crippen molar-refractivity contribution in [2.45, 2.75) is 19.8 Å². The molecule has 0 spiro atoms. The van der Waals surface area contributed by atoms with Gasteiger partial charge in [0.25, 0.3) is 0 Å². The number of carbonyl (C=O) groups is 1. The summed E-state index contributed by atoms with van der Waals surface area (Å²) in [4.78, 5) is 10.7. The minimum atomic E-state index is -0.131. The number of hydrogen-bond donors (Lipinski definition) is 0. The lowest BCUT2D eigenvalue weighted by molar-refractivity contribution is -0.108. The highest BCUT2D eigenvalue weighted by Crippen LogP contribution is 2.33. The normalized spacial score (nSPS) is 12.2. The summed E-state index contributed by atoms with van der Waals surface area (Å²) in [5.41, 5.74) is 0.927. The van der Waals surface area contributed by atoms with Crippen LogP contribution in [0.4, 0.5) is 0 Å². The molecule has 0 N–H and O–H groups in total. The lowest BCUT2D eigenvalue weighted by Gasteiger charge is -2.13. The quantitative estimate of drug-likeness (QED) is 0.774. The molecule has 0 fully saturated rings. The Labute approximate surface area is 92.4 Å². The van der Waals surface area contributed by atoms with E-state index >= 15 is 0 Å². The molecule has 0 aliphatic carbocycles. The van der Waals surface area contributed by atoms with Crippen molar-refractivity contribution in [3.8, 4) is 5.75 Å². The molecule has 1 rings (SSSR count). The summed E-state index contributed by atoms with van der Waals surface area (Å²) >= 11 is 3.40. The Morgan fingerprint density at radius 3 is 2.86 bits per heavy atom. The summed E-state index contributed by atoms with van der Waals surface area (Å²) in [6, 6.07) is 5.72. The number of ether oxygens (including phenoxy) is 1. The zero-order valence-corrected chi connectivity index (χ0v) is 9.87. The fourth-order valence-corrected chi connectivity index (χ4v) is 1.75. The van der Waals surface area contributed by atoms with Crippen LogP contribution in [0.3, 0.4) is 0 Å². The van der Waals surface area contributed by atoms with E-state index in [1.807, 2.05) is 32.0 Å². The highest BCUT2D eigenvalue weighted by molar-refractivity contribution is 9.10. The second-order valence-corrected chi connectivity index (χ2v) is 3.87. The number of aldehydes is 1. The second-order valence-electron chi connectivity index (χ2n) is 3.02. The van der Waals surface area contributed by atoms with Crippen LogP contribution in [0.15, 0.2) is 22.7 Å². The van der Waals surface area contributed by atoms with Gasteiger partial charge in [0, 0.05) is 11.5 Å². The molecule has 0 radical (unpaired) electrons. The highest BCUT2D eigenvalue weighted by atomic mass is 79.9. The predicted molar refractivity (Wildman–Crippen MR) is 59.8 cm³/mol. The van der Waals surface area contributed by atoms with Crippen molar-refractivity contribution in [1.29, 1.82) is 0 Å². The molecule has 14 heavy (non-hydrogen) atoms. The van der Waals surface area contributed by atoms with E-state index in [4.69, 9.17) is 4.74 Å². The molecule has 1 aromatic carbocycles. The summed E-state index contributed by atoms with van der Waals surface area (Å²) in [7, 11) is 0. The average Bonchev–Trinajstić information content (AvgIpc) is 2.20. The third-order valence-electron chi connectivity index (χ3n) is 1.98. The van der Waals surface area contributed by atoms with Gasteiger partial charge >= 0.3 is 0 Å². The summed E-state index contributed by atoms with van der Waals surface area (Å²) < 4.78 is 6.38. The van der Waals surface area contributed by atoms with Crippen LogP contribution in [0, 0.1) is 0 Å². The molecule has 0 saturated heterocycles.